The van der Waals surface area contributed by atoms with Crippen molar-refractivity contribution in [2.24, 2.45) is 5.92 Å². The fourth-order valence-corrected chi connectivity index (χ4v) is 2.69. The Hall–Kier alpha value is -1.26. The third-order valence-electron chi connectivity index (χ3n) is 3.93. The summed E-state index contributed by atoms with van der Waals surface area (Å²) < 4.78 is 5.64. The molecule has 0 spiro atoms. The Morgan fingerprint density at radius 1 is 1.50 bits per heavy atom. The number of ether oxygens (including phenoxy) is 1. The monoisotopic (exact) mass is 324 g/mol. The summed E-state index contributed by atoms with van der Waals surface area (Å²) in [5, 5.41) is 7.11. The van der Waals surface area contributed by atoms with E-state index in [0.717, 1.165) is 42.4 Å². The van der Waals surface area contributed by atoms with Crippen molar-refractivity contribution in [1.29, 1.82) is 0 Å². The molecule has 1 amide bonds. The predicted molar refractivity (Wildman–Crippen MR) is 89.5 cm³/mol. The van der Waals surface area contributed by atoms with Gasteiger partial charge in [0.2, 0.25) is 5.91 Å². The number of benzene rings is 1. The van der Waals surface area contributed by atoms with E-state index in [9.17, 15) is 4.79 Å². The van der Waals surface area contributed by atoms with Crippen LogP contribution in [0.1, 0.15) is 31.2 Å². The second-order valence-electron chi connectivity index (χ2n) is 5.88. The van der Waals surface area contributed by atoms with E-state index >= 15 is 0 Å². The molecule has 1 saturated heterocycles. The van der Waals surface area contributed by atoms with Gasteiger partial charge in [-0.05, 0) is 69.0 Å². The van der Waals surface area contributed by atoms with E-state index in [2.05, 4.69) is 10.6 Å². The van der Waals surface area contributed by atoms with E-state index in [1.54, 1.807) is 0 Å². The van der Waals surface area contributed by atoms with Crippen molar-refractivity contribution in [3.8, 4) is 5.75 Å². The molecule has 0 saturated carbocycles. The number of piperidine rings is 1. The van der Waals surface area contributed by atoms with Gasteiger partial charge in [0.25, 0.3) is 0 Å². The number of hydrogen-bond acceptors (Lipinski definition) is 3. The highest BCUT2D eigenvalue weighted by atomic mass is 35.5. The van der Waals surface area contributed by atoms with E-state index in [0.29, 0.717) is 18.9 Å². The largest absolute Gasteiger partial charge is 0.494 e. The first kappa shape index (κ1) is 17.1. The number of nitrogens with one attached hydrogen (secondary N) is 2. The van der Waals surface area contributed by atoms with Crippen molar-refractivity contribution in [3.63, 3.8) is 0 Å². The molecule has 1 aliphatic heterocycles. The Bertz CT molecular complexity index is 488. The van der Waals surface area contributed by atoms with Gasteiger partial charge >= 0.3 is 0 Å². The Balaban J connectivity index is 1.57. The standard InChI is InChI=1S/C17H25ClN2O2/c1-13-10-15(6-7-16(13)18)22-9-3-5-17(21)20-12-14-4-2-8-19-11-14/h6-7,10,14,19H,2-5,8-9,11-12H2,1H3,(H,20,21). The molecule has 0 radical (unpaired) electrons. The third kappa shape index (κ3) is 5.85. The van der Waals surface area contributed by atoms with E-state index in [4.69, 9.17) is 16.3 Å². The summed E-state index contributed by atoms with van der Waals surface area (Å²) in [6, 6.07) is 5.60. The normalized spacial score (nSPS) is 18.0. The lowest BCUT2D eigenvalue weighted by molar-refractivity contribution is -0.121. The summed E-state index contributed by atoms with van der Waals surface area (Å²) in [7, 11) is 0. The molecule has 0 bridgehead atoms. The van der Waals surface area contributed by atoms with Crippen LogP contribution in [0.4, 0.5) is 0 Å². The molecule has 2 N–H and O–H groups in total. The number of halogens is 1. The number of aryl methyl sites for hydroxylation is 1. The summed E-state index contributed by atoms with van der Waals surface area (Å²) >= 11 is 5.97. The molecule has 1 fully saturated rings. The summed E-state index contributed by atoms with van der Waals surface area (Å²) in [5.41, 5.74) is 0.998. The SMILES string of the molecule is Cc1cc(OCCCC(=O)NCC2CCCNC2)ccc1Cl. The number of carbonyl (C=O) groups is 1. The Morgan fingerprint density at radius 3 is 3.09 bits per heavy atom. The number of carbonyl (C=O) groups excluding carboxylic acids is 1. The van der Waals surface area contributed by atoms with Crippen molar-refractivity contribution >= 4 is 17.5 Å². The average molecular weight is 325 g/mol. The third-order valence-corrected chi connectivity index (χ3v) is 4.36. The molecule has 1 unspecified atom stereocenters. The van der Waals surface area contributed by atoms with Gasteiger partial charge in [-0.2, -0.15) is 0 Å². The van der Waals surface area contributed by atoms with Gasteiger partial charge in [-0.3, -0.25) is 4.79 Å². The molecule has 4 nitrogen and oxygen atoms in total. The summed E-state index contributed by atoms with van der Waals surface area (Å²) in [4.78, 5) is 11.8. The number of rotatable bonds is 7. The lowest BCUT2D eigenvalue weighted by Crippen LogP contribution is -2.38. The molecular formula is C17H25ClN2O2. The van der Waals surface area contributed by atoms with Crippen LogP contribution >= 0.6 is 11.6 Å². The first-order valence-electron chi connectivity index (χ1n) is 8.01. The van der Waals surface area contributed by atoms with E-state index in [1.165, 1.54) is 12.8 Å². The van der Waals surface area contributed by atoms with Crippen LogP contribution < -0.4 is 15.4 Å². The second-order valence-corrected chi connectivity index (χ2v) is 6.29. The zero-order valence-electron chi connectivity index (χ0n) is 13.2. The van der Waals surface area contributed by atoms with Gasteiger partial charge < -0.3 is 15.4 Å². The molecule has 1 heterocycles. The van der Waals surface area contributed by atoms with Crippen LogP contribution in [0.2, 0.25) is 5.02 Å². The molecule has 1 atom stereocenters. The minimum absolute atomic E-state index is 0.112. The van der Waals surface area contributed by atoms with E-state index < -0.39 is 0 Å². The van der Waals surface area contributed by atoms with Gasteiger partial charge in [-0.15, -0.1) is 0 Å². The predicted octanol–water partition coefficient (Wildman–Crippen LogP) is 2.92. The highest BCUT2D eigenvalue weighted by Crippen LogP contribution is 2.21. The molecule has 0 aromatic heterocycles. The summed E-state index contributed by atoms with van der Waals surface area (Å²) in [6.45, 7) is 5.39. The van der Waals surface area contributed by atoms with Gasteiger partial charge in [0.1, 0.15) is 5.75 Å². The molecule has 22 heavy (non-hydrogen) atoms. The molecule has 2 rings (SSSR count). The van der Waals surface area contributed by atoms with Crippen LogP contribution in [0, 0.1) is 12.8 Å². The zero-order valence-corrected chi connectivity index (χ0v) is 13.9. The number of amides is 1. The van der Waals surface area contributed by atoms with Crippen LogP contribution in [-0.2, 0) is 4.79 Å². The van der Waals surface area contributed by atoms with Gasteiger partial charge in [-0.1, -0.05) is 11.6 Å². The Kier molecular flexibility index (Phi) is 7.00. The Morgan fingerprint density at radius 2 is 2.36 bits per heavy atom. The van der Waals surface area contributed by atoms with Crippen molar-refractivity contribution in [3.05, 3.63) is 28.8 Å². The summed E-state index contributed by atoms with van der Waals surface area (Å²) in [5.74, 6) is 1.49. The van der Waals surface area contributed by atoms with Crippen molar-refractivity contribution in [2.45, 2.75) is 32.6 Å². The molecule has 122 valence electrons. The van der Waals surface area contributed by atoms with Crippen molar-refractivity contribution < 1.29 is 9.53 Å². The highest BCUT2D eigenvalue weighted by molar-refractivity contribution is 6.31. The van der Waals surface area contributed by atoms with Crippen LogP contribution in [-0.4, -0.2) is 32.1 Å². The first-order valence-corrected chi connectivity index (χ1v) is 8.39. The smallest absolute Gasteiger partial charge is 0.220 e. The maximum absolute atomic E-state index is 11.8. The van der Waals surface area contributed by atoms with Gasteiger partial charge in [-0.25, -0.2) is 0 Å². The molecule has 1 aromatic carbocycles. The first-order chi connectivity index (χ1) is 10.6. The van der Waals surface area contributed by atoms with E-state index in [1.807, 2.05) is 25.1 Å². The van der Waals surface area contributed by atoms with Gasteiger partial charge in [0.05, 0.1) is 6.61 Å². The molecule has 0 aliphatic carbocycles. The fourth-order valence-electron chi connectivity index (χ4n) is 2.57. The van der Waals surface area contributed by atoms with Crippen LogP contribution in [0.3, 0.4) is 0 Å². The Labute approximate surface area is 137 Å². The van der Waals surface area contributed by atoms with E-state index in [-0.39, 0.29) is 5.91 Å². The quantitative estimate of drug-likeness (QED) is 0.758. The van der Waals surface area contributed by atoms with Gasteiger partial charge in [0, 0.05) is 18.0 Å². The average Bonchev–Trinajstić information content (AvgIpc) is 2.54. The maximum atomic E-state index is 11.8. The lowest BCUT2D eigenvalue weighted by Gasteiger charge is -2.22. The summed E-state index contributed by atoms with van der Waals surface area (Å²) in [6.07, 6.45) is 3.63. The molecular weight excluding hydrogens is 300 g/mol. The number of hydrogen-bond donors (Lipinski definition) is 2. The van der Waals surface area contributed by atoms with Gasteiger partial charge in [0.15, 0.2) is 0 Å². The topological polar surface area (TPSA) is 50.4 Å². The van der Waals surface area contributed by atoms with Crippen molar-refractivity contribution in [2.75, 3.05) is 26.2 Å². The van der Waals surface area contributed by atoms with Crippen LogP contribution in [0.25, 0.3) is 0 Å². The van der Waals surface area contributed by atoms with Crippen LogP contribution in [0.15, 0.2) is 18.2 Å². The molecule has 1 aliphatic rings. The highest BCUT2D eigenvalue weighted by Gasteiger charge is 2.13. The fraction of sp³-hybridized carbons (Fsp3) is 0.588. The van der Waals surface area contributed by atoms with Crippen LogP contribution in [0.5, 0.6) is 5.75 Å². The van der Waals surface area contributed by atoms with Crippen molar-refractivity contribution in [1.82, 2.24) is 10.6 Å². The molecule has 5 heteroatoms. The zero-order chi connectivity index (χ0) is 15.8. The maximum Gasteiger partial charge on any atom is 0.220 e. The second kappa shape index (κ2) is 9.01. The lowest BCUT2D eigenvalue weighted by atomic mass is 10.00. The minimum Gasteiger partial charge on any atom is -0.494 e. The minimum atomic E-state index is 0.112. The molecule has 1 aromatic rings.